The lowest BCUT2D eigenvalue weighted by Gasteiger charge is -2.12. The van der Waals surface area contributed by atoms with E-state index in [1.54, 1.807) is 12.1 Å². The average molecular weight is 294 g/mol. The molecule has 0 radical (unpaired) electrons. The van der Waals surface area contributed by atoms with Crippen LogP contribution in [0, 0.1) is 12.7 Å². The van der Waals surface area contributed by atoms with Crippen LogP contribution in [0.5, 0.6) is 0 Å². The zero-order valence-corrected chi connectivity index (χ0v) is 11.5. The normalized spacial score (nSPS) is 10.2. The Morgan fingerprint density at radius 3 is 2.70 bits per heavy atom. The van der Waals surface area contributed by atoms with Crippen LogP contribution in [0.1, 0.15) is 15.9 Å². The van der Waals surface area contributed by atoms with Gasteiger partial charge in [0.25, 0.3) is 5.91 Å². The van der Waals surface area contributed by atoms with Gasteiger partial charge in [-0.15, -0.1) is 0 Å². The molecule has 0 aliphatic carbocycles. The molecule has 4 N–H and O–H groups in total. The maximum atomic E-state index is 13.6. The SMILES string of the molecule is Cc1ccc(NN)c(C(=O)Nc2c(F)cccc2Cl)c1. The average Bonchev–Trinajstić information content (AvgIpc) is 2.43. The molecule has 2 aromatic carbocycles. The fourth-order valence-electron chi connectivity index (χ4n) is 1.77. The van der Waals surface area contributed by atoms with Gasteiger partial charge in [-0.3, -0.25) is 10.6 Å². The Morgan fingerprint density at radius 2 is 2.05 bits per heavy atom. The minimum atomic E-state index is -0.597. The first kappa shape index (κ1) is 14.3. The first-order valence-electron chi connectivity index (χ1n) is 5.85. The topological polar surface area (TPSA) is 67.1 Å². The number of nitrogens with two attached hydrogens (primary N) is 1. The fraction of sp³-hybridized carbons (Fsp3) is 0.0714. The van der Waals surface area contributed by atoms with Crippen molar-refractivity contribution in [2.24, 2.45) is 5.84 Å². The number of aryl methyl sites for hydroxylation is 1. The molecule has 4 nitrogen and oxygen atoms in total. The number of amides is 1. The smallest absolute Gasteiger partial charge is 0.257 e. The molecule has 2 aromatic rings. The zero-order valence-electron chi connectivity index (χ0n) is 10.7. The predicted octanol–water partition coefficient (Wildman–Crippen LogP) is 3.33. The largest absolute Gasteiger partial charge is 0.323 e. The van der Waals surface area contributed by atoms with Crippen molar-refractivity contribution in [1.82, 2.24) is 0 Å². The van der Waals surface area contributed by atoms with Crippen molar-refractivity contribution in [3.8, 4) is 0 Å². The van der Waals surface area contributed by atoms with Gasteiger partial charge in [0.1, 0.15) is 5.82 Å². The summed E-state index contributed by atoms with van der Waals surface area (Å²) in [6.45, 7) is 1.84. The van der Waals surface area contributed by atoms with E-state index in [2.05, 4.69) is 10.7 Å². The first-order valence-corrected chi connectivity index (χ1v) is 6.23. The lowest BCUT2D eigenvalue weighted by atomic mass is 10.1. The van der Waals surface area contributed by atoms with Gasteiger partial charge in [0.2, 0.25) is 0 Å². The molecular formula is C14H13ClFN3O. The van der Waals surface area contributed by atoms with Crippen molar-refractivity contribution in [2.45, 2.75) is 6.92 Å². The lowest BCUT2D eigenvalue weighted by molar-refractivity contribution is 0.102. The van der Waals surface area contributed by atoms with Crippen LogP contribution in [-0.2, 0) is 0 Å². The summed E-state index contributed by atoms with van der Waals surface area (Å²) in [7, 11) is 0. The molecule has 6 heteroatoms. The molecular weight excluding hydrogens is 281 g/mol. The van der Waals surface area contributed by atoms with Crippen molar-refractivity contribution in [3.05, 3.63) is 58.4 Å². The summed E-state index contributed by atoms with van der Waals surface area (Å²) >= 11 is 5.87. The summed E-state index contributed by atoms with van der Waals surface area (Å²) in [6, 6.07) is 9.32. The van der Waals surface area contributed by atoms with Crippen molar-refractivity contribution >= 4 is 28.9 Å². The third kappa shape index (κ3) is 2.89. The number of anilines is 2. The quantitative estimate of drug-likeness (QED) is 0.601. The molecule has 104 valence electrons. The van der Waals surface area contributed by atoms with Crippen LogP contribution in [0.25, 0.3) is 0 Å². The number of benzene rings is 2. The van der Waals surface area contributed by atoms with Gasteiger partial charge in [-0.1, -0.05) is 29.3 Å². The van der Waals surface area contributed by atoms with E-state index in [0.29, 0.717) is 11.3 Å². The summed E-state index contributed by atoms with van der Waals surface area (Å²) in [4.78, 5) is 12.2. The Bertz CT molecular complexity index is 641. The second-order valence-corrected chi connectivity index (χ2v) is 4.65. The minimum Gasteiger partial charge on any atom is -0.323 e. The summed E-state index contributed by atoms with van der Waals surface area (Å²) in [6.07, 6.45) is 0. The third-order valence-electron chi connectivity index (χ3n) is 2.78. The number of halogens is 2. The van der Waals surface area contributed by atoms with Crippen molar-refractivity contribution in [3.63, 3.8) is 0 Å². The van der Waals surface area contributed by atoms with E-state index in [-0.39, 0.29) is 10.7 Å². The van der Waals surface area contributed by atoms with Gasteiger partial charge >= 0.3 is 0 Å². The second kappa shape index (κ2) is 5.90. The molecule has 0 aliphatic heterocycles. The Labute approximate surface area is 120 Å². The number of carbonyl (C=O) groups is 1. The van der Waals surface area contributed by atoms with E-state index in [0.717, 1.165) is 5.56 Å². The van der Waals surface area contributed by atoms with Crippen LogP contribution >= 0.6 is 11.6 Å². The van der Waals surface area contributed by atoms with E-state index in [9.17, 15) is 9.18 Å². The Morgan fingerprint density at radius 1 is 1.30 bits per heavy atom. The number of carbonyl (C=O) groups excluding carboxylic acids is 1. The number of hydrogen-bond acceptors (Lipinski definition) is 3. The highest BCUT2D eigenvalue weighted by atomic mass is 35.5. The molecule has 1 amide bonds. The molecule has 0 atom stereocenters. The third-order valence-corrected chi connectivity index (χ3v) is 3.09. The highest BCUT2D eigenvalue weighted by Crippen LogP contribution is 2.26. The van der Waals surface area contributed by atoms with Crippen LogP contribution < -0.4 is 16.6 Å². The Kier molecular flexibility index (Phi) is 4.22. The van der Waals surface area contributed by atoms with Crippen molar-refractivity contribution in [2.75, 3.05) is 10.7 Å². The molecule has 0 aliphatic rings. The van der Waals surface area contributed by atoms with Gasteiger partial charge in [0, 0.05) is 0 Å². The van der Waals surface area contributed by atoms with E-state index in [4.69, 9.17) is 17.4 Å². The van der Waals surface area contributed by atoms with Gasteiger partial charge in [0.15, 0.2) is 0 Å². The monoisotopic (exact) mass is 293 g/mol. The predicted molar refractivity (Wildman–Crippen MR) is 78.4 cm³/mol. The number of rotatable bonds is 3. The van der Waals surface area contributed by atoms with E-state index < -0.39 is 11.7 Å². The standard InChI is InChI=1S/C14H13ClFN3O/c1-8-5-6-12(19-17)9(7-8)14(20)18-13-10(15)3-2-4-11(13)16/h2-7,19H,17H2,1H3,(H,18,20). The number of nitrogens with one attached hydrogen (secondary N) is 2. The van der Waals surface area contributed by atoms with Crippen LogP contribution in [0.3, 0.4) is 0 Å². The van der Waals surface area contributed by atoms with Crippen LogP contribution in [0.4, 0.5) is 15.8 Å². The zero-order chi connectivity index (χ0) is 14.7. The van der Waals surface area contributed by atoms with E-state index >= 15 is 0 Å². The van der Waals surface area contributed by atoms with Crippen LogP contribution in [-0.4, -0.2) is 5.91 Å². The summed E-state index contributed by atoms with van der Waals surface area (Å²) < 4.78 is 13.6. The van der Waals surface area contributed by atoms with Gasteiger partial charge in [-0.05, 0) is 31.2 Å². The van der Waals surface area contributed by atoms with Gasteiger partial charge < -0.3 is 10.7 Å². The molecule has 20 heavy (non-hydrogen) atoms. The van der Waals surface area contributed by atoms with E-state index in [1.165, 1.54) is 18.2 Å². The summed E-state index contributed by atoms with van der Waals surface area (Å²) in [5, 5.41) is 2.59. The van der Waals surface area contributed by atoms with Gasteiger partial charge in [0.05, 0.1) is 22.0 Å². The molecule has 0 bridgehead atoms. The lowest BCUT2D eigenvalue weighted by Crippen LogP contribution is -2.18. The highest BCUT2D eigenvalue weighted by molar-refractivity contribution is 6.34. The molecule has 2 rings (SSSR count). The molecule has 0 saturated carbocycles. The highest BCUT2D eigenvalue weighted by Gasteiger charge is 2.15. The van der Waals surface area contributed by atoms with Gasteiger partial charge in [-0.2, -0.15) is 0 Å². The van der Waals surface area contributed by atoms with E-state index in [1.807, 2.05) is 13.0 Å². The van der Waals surface area contributed by atoms with Gasteiger partial charge in [-0.25, -0.2) is 4.39 Å². The Hall–Kier alpha value is -2.11. The molecule has 0 unspecified atom stereocenters. The summed E-state index contributed by atoms with van der Waals surface area (Å²) in [5.41, 5.74) is 4.02. The van der Waals surface area contributed by atoms with Crippen LogP contribution in [0.15, 0.2) is 36.4 Å². The first-order chi connectivity index (χ1) is 9.52. The van der Waals surface area contributed by atoms with Crippen molar-refractivity contribution < 1.29 is 9.18 Å². The molecule has 0 saturated heterocycles. The number of hydrazine groups is 1. The fourth-order valence-corrected chi connectivity index (χ4v) is 1.98. The maximum Gasteiger partial charge on any atom is 0.257 e. The molecule has 0 aromatic heterocycles. The number of para-hydroxylation sites is 1. The number of nitrogen functional groups attached to an aromatic ring is 1. The minimum absolute atomic E-state index is 0.0522. The molecule has 0 fully saturated rings. The molecule has 0 heterocycles. The molecule has 0 spiro atoms. The van der Waals surface area contributed by atoms with Crippen LogP contribution in [0.2, 0.25) is 5.02 Å². The Balaban J connectivity index is 2.35. The summed E-state index contributed by atoms with van der Waals surface area (Å²) in [5.74, 6) is 4.27. The van der Waals surface area contributed by atoms with Crippen molar-refractivity contribution in [1.29, 1.82) is 0 Å². The number of hydrogen-bond donors (Lipinski definition) is 3. The maximum absolute atomic E-state index is 13.6. The second-order valence-electron chi connectivity index (χ2n) is 4.24.